The first-order valence-electron chi connectivity index (χ1n) is 5.56. The molecule has 0 aromatic carbocycles. The molecule has 0 N–H and O–H groups in total. The van der Waals surface area contributed by atoms with Crippen LogP contribution in [0.15, 0.2) is 12.7 Å². The number of nitrogens with zero attached hydrogens (tertiary/aromatic N) is 2. The van der Waals surface area contributed by atoms with Crippen LogP contribution >= 0.6 is 0 Å². The molecule has 0 aromatic heterocycles. The predicted molar refractivity (Wildman–Crippen MR) is 62.9 cm³/mol. The maximum Gasteiger partial charge on any atom is 0.326 e. The average Bonchev–Trinajstić information content (AvgIpc) is 2.32. The number of hydrogen-bond acceptors (Lipinski definition) is 4. The SMILES string of the molecule is C=CCCC(=O)N(CCC)CC(=O)OCC#N. The Balaban J connectivity index is 4.22. The summed E-state index contributed by atoms with van der Waals surface area (Å²) in [6.07, 6.45) is 3.36. The third kappa shape index (κ3) is 7.12. The van der Waals surface area contributed by atoms with Crippen molar-refractivity contribution in [2.45, 2.75) is 26.2 Å². The molecule has 0 atom stereocenters. The molecule has 5 nitrogen and oxygen atoms in total. The predicted octanol–water partition coefficient (Wildman–Crippen LogP) is 1.26. The number of nitriles is 1. The van der Waals surface area contributed by atoms with E-state index in [1.807, 2.05) is 6.92 Å². The molecule has 0 fully saturated rings. The number of esters is 1. The van der Waals surface area contributed by atoms with Gasteiger partial charge in [0.15, 0.2) is 6.61 Å². The molecule has 94 valence electrons. The summed E-state index contributed by atoms with van der Waals surface area (Å²) < 4.78 is 4.61. The Bertz CT molecular complexity index is 307. The topological polar surface area (TPSA) is 70.4 Å². The van der Waals surface area contributed by atoms with E-state index < -0.39 is 5.97 Å². The van der Waals surface area contributed by atoms with Crippen LogP contribution in [0.4, 0.5) is 0 Å². The molecule has 0 bridgehead atoms. The molecule has 0 aliphatic rings. The highest BCUT2D eigenvalue weighted by Gasteiger charge is 2.16. The van der Waals surface area contributed by atoms with Gasteiger partial charge in [-0.1, -0.05) is 13.0 Å². The fourth-order valence-electron chi connectivity index (χ4n) is 1.26. The minimum atomic E-state index is -0.549. The van der Waals surface area contributed by atoms with Crippen molar-refractivity contribution in [1.82, 2.24) is 4.90 Å². The molecule has 0 aromatic rings. The molecule has 0 heterocycles. The molecule has 0 aliphatic carbocycles. The van der Waals surface area contributed by atoms with Gasteiger partial charge < -0.3 is 9.64 Å². The van der Waals surface area contributed by atoms with Gasteiger partial charge in [0.1, 0.15) is 12.6 Å². The number of carbonyl (C=O) groups excluding carboxylic acids is 2. The van der Waals surface area contributed by atoms with Gasteiger partial charge in [-0.05, 0) is 12.8 Å². The molecule has 0 spiro atoms. The smallest absolute Gasteiger partial charge is 0.326 e. The number of hydrogen-bond donors (Lipinski definition) is 0. The van der Waals surface area contributed by atoms with Crippen molar-refractivity contribution in [3.63, 3.8) is 0 Å². The monoisotopic (exact) mass is 238 g/mol. The number of carbonyl (C=O) groups is 2. The van der Waals surface area contributed by atoms with Crippen molar-refractivity contribution >= 4 is 11.9 Å². The highest BCUT2D eigenvalue weighted by atomic mass is 16.5. The first-order valence-corrected chi connectivity index (χ1v) is 5.56. The van der Waals surface area contributed by atoms with Crippen LogP contribution in [0.1, 0.15) is 26.2 Å². The standard InChI is InChI=1S/C12H18N2O3/c1-3-5-6-11(15)14(8-4-2)10-12(16)17-9-7-13/h3H,1,4-6,8-10H2,2H3. The zero-order valence-electron chi connectivity index (χ0n) is 10.1. The van der Waals surface area contributed by atoms with Crippen molar-refractivity contribution < 1.29 is 14.3 Å². The minimum Gasteiger partial charge on any atom is -0.449 e. The van der Waals surface area contributed by atoms with Crippen molar-refractivity contribution in [2.75, 3.05) is 19.7 Å². The maximum absolute atomic E-state index is 11.7. The number of ether oxygens (including phenoxy) is 1. The maximum atomic E-state index is 11.7. The van der Waals surface area contributed by atoms with E-state index in [9.17, 15) is 9.59 Å². The van der Waals surface area contributed by atoms with Gasteiger partial charge in [0.25, 0.3) is 0 Å². The van der Waals surface area contributed by atoms with E-state index in [1.165, 1.54) is 4.90 Å². The lowest BCUT2D eigenvalue weighted by Crippen LogP contribution is -2.36. The largest absolute Gasteiger partial charge is 0.449 e. The summed E-state index contributed by atoms with van der Waals surface area (Å²) in [6, 6.07) is 1.71. The summed E-state index contributed by atoms with van der Waals surface area (Å²) in [5.41, 5.74) is 0. The quantitative estimate of drug-likeness (QED) is 0.471. The van der Waals surface area contributed by atoms with Crippen molar-refractivity contribution in [3.05, 3.63) is 12.7 Å². The van der Waals surface area contributed by atoms with Gasteiger partial charge >= 0.3 is 5.97 Å². The lowest BCUT2D eigenvalue weighted by Gasteiger charge is -2.20. The molecule has 0 rings (SSSR count). The summed E-state index contributed by atoms with van der Waals surface area (Å²) in [5.74, 6) is -0.646. The van der Waals surface area contributed by atoms with E-state index in [2.05, 4.69) is 11.3 Å². The number of rotatable bonds is 8. The highest BCUT2D eigenvalue weighted by molar-refractivity contribution is 5.82. The van der Waals surface area contributed by atoms with Crippen LogP contribution in [0.25, 0.3) is 0 Å². The minimum absolute atomic E-state index is 0.0918. The van der Waals surface area contributed by atoms with Crippen LogP contribution in [-0.4, -0.2) is 36.5 Å². The Morgan fingerprint density at radius 1 is 1.53 bits per heavy atom. The molecule has 5 heteroatoms. The summed E-state index contributed by atoms with van der Waals surface area (Å²) in [6.45, 7) is 5.61. The van der Waals surface area contributed by atoms with E-state index in [1.54, 1.807) is 12.1 Å². The van der Waals surface area contributed by atoms with Crippen molar-refractivity contribution in [2.24, 2.45) is 0 Å². The van der Waals surface area contributed by atoms with E-state index >= 15 is 0 Å². The second-order valence-electron chi connectivity index (χ2n) is 3.46. The molecular weight excluding hydrogens is 220 g/mol. The van der Waals surface area contributed by atoms with Gasteiger partial charge in [0, 0.05) is 13.0 Å². The Labute approximate surface area is 102 Å². The van der Waals surface area contributed by atoms with Crippen LogP contribution in [0, 0.1) is 11.3 Å². The van der Waals surface area contributed by atoms with Gasteiger partial charge in [-0.2, -0.15) is 5.26 Å². The van der Waals surface area contributed by atoms with E-state index in [4.69, 9.17) is 5.26 Å². The van der Waals surface area contributed by atoms with Gasteiger partial charge in [0.2, 0.25) is 5.91 Å². The van der Waals surface area contributed by atoms with Crippen LogP contribution < -0.4 is 0 Å². The molecule has 0 unspecified atom stereocenters. The van der Waals surface area contributed by atoms with E-state index in [0.717, 1.165) is 6.42 Å². The van der Waals surface area contributed by atoms with Crippen LogP contribution in [-0.2, 0) is 14.3 Å². The second-order valence-corrected chi connectivity index (χ2v) is 3.46. The molecule has 17 heavy (non-hydrogen) atoms. The molecule has 0 saturated carbocycles. The highest BCUT2D eigenvalue weighted by Crippen LogP contribution is 2.01. The summed E-state index contributed by atoms with van der Waals surface area (Å²) in [4.78, 5) is 24.4. The fourth-order valence-corrected chi connectivity index (χ4v) is 1.26. The van der Waals surface area contributed by atoms with Crippen LogP contribution in [0.2, 0.25) is 0 Å². The lowest BCUT2D eigenvalue weighted by atomic mass is 10.2. The van der Waals surface area contributed by atoms with Gasteiger partial charge in [-0.25, -0.2) is 0 Å². The zero-order valence-corrected chi connectivity index (χ0v) is 10.1. The van der Waals surface area contributed by atoms with Gasteiger partial charge in [-0.15, -0.1) is 6.58 Å². The molecule has 0 aliphatic heterocycles. The van der Waals surface area contributed by atoms with E-state index in [-0.39, 0.29) is 19.1 Å². The van der Waals surface area contributed by atoms with E-state index in [0.29, 0.717) is 19.4 Å². The first kappa shape index (κ1) is 15.2. The first-order chi connectivity index (χ1) is 8.15. The molecular formula is C12H18N2O3. The Hall–Kier alpha value is -1.83. The molecule has 0 saturated heterocycles. The summed E-state index contributed by atoms with van der Waals surface area (Å²) >= 11 is 0. The Morgan fingerprint density at radius 2 is 2.24 bits per heavy atom. The third-order valence-electron chi connectivity index (χ3n) is 2.03. The number of amides is 1. The Morgan fingerprint density at radius 3 is 2.76 bits per heavy atom. The van der Waals surface area contributed by atoms with Crippen molar-refractivity contribution in [3.8, 4) is 6.07 Å². The summed E-state index contributed by atoms with van der Waals surface area (Å²) in [5, 5.41) is 8.26. The average molecular weight is 238 g/mol. The summed E-state index contributed by atoms with van der Waals surface area (Å²) in [7, 11) is 0. The van der Waals surface area contributed by atoms with Gasteiger partial charge in [0.05, 0.1) is 0 Å². The Kier molecular flexibility index (Phi) is 8.39. The zero-order chi connectivity index (χ0) is 13.1. The second kappa shape index (κ2) is 9.40. The van der Waals surface area contributed by atoms with Crippen molar-refractivity contribution in [1.29, 1.82) is 5.26 Å². The van der Waals surface area contributed by atoms with Gasteiger partial charge in [-0.3, -0.25) is 9.59 Å². The number of allylic oxidation sites excluding steroid dienone is 1. The molecule has 0 radical (unpaired) electrons. The third-order valence-corrected chi connectivity index (χ3v) is 2.03. The van der Waals surface area contributed by atoms with Crippen LogP contribution in [0.3, 0.4) is 0 Å². The normalized spacial score (nSPS) is 9.18. The molecule has 1 amide bonds. The lowest BCUT2D eigenvalue weighted by molar-refractivity contribution is -0.148. The fraction of sp³-hybridized carbons (Fsp3) is 0.583. The van der Waals surface area contributed by atoms with Crippen LogP contribution in [0.5, 0.6) is 0 Å².